The van der Waals surface area contributed by atoms with Crippen molar-refractivity contribution < 1.29 is 14.7 Å². The number of amides is 1. The Morgan fingerprint density at radius 1 is 1.37 bits per heavy atom. The third-order valence-electron chi connectivity index (χ3n) is 2.71. The maximum atomic E-state index is 12.2. The zero-order valence-corrected chi connectivity index (χ0v) is 11.0. The van der Waals surface area contributed by atoms with Crippen molar-refractivity contribution in [2.24, 2.45) is 0 Å². The Balaban J connectivity index is 2.75. The minimum atomic E-state index is -0.875. The van der Waals surface area contributed by atoms with E-state index in [1.165, 1.54) is 18.3 Å². The number of nitrogens with zero attached hydrogens (tertiary/aromatic N) is 1. The predicted molar refractivity (Wildman–Crippen MR) is 70.1 cm³/mol. The highest BCUT2D eigenvalue weighted by molar-refractivity contribution is 5.94. The van der Waals surface area contributed by atoms with Crippen LogP contribution in [-0.2, 0) is 4.79 Å². The fourth-order valence-corrected chi connectivity index (χ4v) is 1.70. The monoisotopic (exact) mass is 266 g/mol. The molecular formula is C13H18N2O4. The molecule has 0 radical (unpaired) electrons. The third kappa shape index (κ3) is 4.57. The number of carbonyl (C=O) groups excluding carboxylic acids is 1. The Bertz CT molecular complexity index is 487. The Morgan fingerprint density at radius 2 is 2.05 bits per heavy atom. The molecule has 0 aliphatic heterocycles. The molecule has 6 heteroatoms. The molecule has 2 N–H and O–H groups in total. The first-order valence-electron chi connectivity index (χ1n) is 6.13. The minimum absolute atomic E-state index is 0.0299. The number of hydrogen-bond donors (Lipinski definition) is 2. The summed E-state index contributed by atoms with van der Waals surface area (Å²) in [6, 6.07) is 2.73. The molecule has 0 fully saturated rings. The highest BCUT2D eigenvalue weighted by Crippen LogP contribution is 2.08. The van der Waals surface area contributed by atoms with E-state index in [9.17, 15) is 14.4 Å². The lowest BCUT2D eigenvalue weighted by molar-refractivity contribution is -0.137. The Labute approximate surface area is 111 Å². The van der Waals surface area contributed by atoms with E-state index in [2.05, 4.69) is 4.98 Å². The third-order valence-corrected chi connectivity index (χ3v) is 2.71. The lowest BCUT2D eigenvalue weighted by Crippen LogP contribution is -2.38. The minimum Gasteiger partial charge on any atom is -0.481 e. The van der Waals surface area contributed by atoms with Gasteiger partial charge in [0.15, 0.2) is 0 Å². The van der Waals surface area contributed by atoms with Crippen LogP contribution in [-0.4, -0.2) is 39.5 Å². The van der Waals surface area contributed by atoms with Crippen LogP contribution in [0.3, 0.4) is 0 Å². The van der Waals surface area contributed by atoms with E-state index in [1.54, 1.807) is 4.90 Å². The van der Waals surface area contributed by atoms with Crippen molar-refractivity contribution in [3.8, 4) is 0 Å². The van der Waals surface area contributed by atoms with Crippen LogP contribution >= 0.6 is 0 Å². The molecule has 0 spiro atoms. The standard InChI is InChI=1S/C13H18N2O4/c1-9(2)15(7-3-4-12(17)18)13(19)10-5-6-11(16)14-8-10/h5-6,8-9H,3-4,7H2,1-2H3,(H,14,16)(H,17,18). The molecule has 0 aliphatic carbocycles. The first-order chi connectivity index (χ1) is 8.91. The molecule has 104 valence electrons. The van der Waals surface area contributed by atoms with Crippen LogP contribution in [0.4, 0.5) is 0 Å². The summed E-state index contributed by atoms with van der Waals surface area (Å²) in [4.78, 5) is 37.7. The lowest BCUT2D eigenvalue weighted by Gasteiger charge is -2.26. The molecule has 0 bridgehead atoms. The summed E-state index contributed by atoms with van der Waals surface area (Å²) >= 11 is 0. The Morgan fingerprint density at radius 3 is 2.53 bits per heavy atom. The number of hydrogen-bond acceptors (Lipinski definition) is 3. The number of aliphatic carboxylic acids is 1. The van der Waals surface area contributed by atoms with Gasteiger partial charge in [0, 0.05) is 31.3 Å². The van der Waals surface area contributed by atoms with Gasteiger partial charge in [-0.25, -0.2) is 0 Å². The zero-order chi connectivity index (χ0) is 14.4. The molecule has 1 aromatic heterocycles. The van der Waals surface area contributed by atoms with Crippen LogP contribution in [0.25, 0.3) is 0 Å². The number of carbonyl (C=O) groups is 2. The van der Waals surface area contributed by atoms with Gasteiger partial charge in [0.1, 0.15) is 0 Å². The SMILES string of the molecule is CC(C)N(CCCC(=O)O)C(=O)c1ccc(=O)[nH]c1. The van der Waals surface area contributed by atoms with E-state index in [0.717, 1.165) is 0 Å². The largest absolute Gasteiger partial charge is 0.481 e. The van der Waals surface area contributed by atoms with Gasteiger partial charge in [0.05, 0.1) is 5.56 Å². The lowest BCUT2D eigenvalue weighted by atomic mass is 10.2. The molecule has 1 amide bonds. The maximum absolute atomic E-state index is 12.2. The number of pyridine rings is 1. The summed E-state index contributed by atoms with van der Waals surface area (Å²) in [6.07, 6.45) is 1.81. The van der Waals surface area contributed by atoms with Gasteiger partial charge in [-0.15, -0.1) is 0 Å². The molecule has 1 rings (SSSR count). The van der Waals surface area contributed by atoms with Crippen molar-refractivity contribution in [2.45, 2.75) is 32.7 Å². The van der Waals surface area contributed by atoms with Gasteiger partial charge in [0.25, 0.3) is 5.91 Å². The van der Waals surface area contributed by atoms with Crippen LogP contribution in [0.2, 0.25) is 0 Å². The van der Waals surface area contributed by atoms with Crippen molar-refractivity contribution in [1.82, 2.24) is 9.88 Å². The van der Waals surface area contributed by atoms with Crippen LogP contribution in [0.15, 0.2) is 23.1 Å². The smallest absolute Gasteiger partial charge is 0.303 e. The first kappa shape index (κ1) is 14.9. The van der Waals surface area contributed by atoms with E-state index >= 15 is 0 Å². The molecule has 0 saturated heterocycles. The highest BCUT2D eigenvalue weighted by atomic mass is 16.4. The van der Waals surface area contributed by atoms with Crippen LogP contribution in [0.1, 0.15) is 37.0 Å². The number of nitrogens with one attached hydrogen (secondary N) is 1. The summed E-state index contributed by atoms with van der Waals surface area (Å²) in [5, 5.41) is 8.61. The number of aromatic amines is 1. The van der Waals surface area contributed by atoms with Gasteiger partial charge < -0.3 is 15.0 Å². The van der Waals surface area contributed by atoms with Gasteiger partial charge in [-0.1, -0.05) is 0 Å². The molecule has 6 nitrogen and oxygen atoms in total. The molecule has 0 unspecified atom stereocenters. The number of rotatable bonds is 6. The van der Waals surface area contributed by atoms with Gasteiger partial charge in [0.2, 0.25) is 5.56 Å². The normalized spacial score (nSPS) is 10.5. The van der Waals surface area contributed by atoms with E-state index in [4.69, 9.17) is 5.11 Å². The second-order valence-corrected chi connectivity index (χ2v) is 4.53. The van der Waals surface area contributed by atoms with Gasteiger partial charge >= 0.3 is 5.97 Å². The number of carboxylic acid groups (broad SMARTS) is 1. The van der Waals surface area contributed by atoms with Gasteiger partial charge in [-0.2, -0.15) is 0 Å². The highest BCUT2D eigenvalue weighted by Gasteiger charge is 2.18. The average Bonchev–Trinajstić information content (AvgIpc) is 2.34. The topological polar surface area (TPSA) is 90.5 Å². The summed E-state index contributed by atoms with van der Waals surface area (Å²) in [5.41, 5.74) is 0.127. The fraction of sp³-hybridized carbons (Fsp3) is 0.462. The summed E-state index contributed by atoms with van der Waals surface area (Å²) in [7, 11) is 0. The van der Waals surface area contributed by atoms with E-state index in [0.29, 0.717) is 18.5 Å². The fourth-order valence-electron chi connectivity index (χ4n) is 1.70. The van der Waals surface area contributed by atoms with Crippen LogP contribution in [0.5, 0.6) is 0 Å². The van der Waals surface area contributed by atoms with Gasteiger partial charge in [-0.3, -0.25) is 14.4 Å². The summed E-state index contributed by atoms with van der Waals surface area (Å²) < 4.78 is 0. The van der Waals surface area contributed by atoms with Crippen LogP contribution < -0.4 is 5.56 Å². The number of H-pyrrole nitrogens is 1. The Kier molecular flexibility index (Phi) is 5.29. The van der Waals surface area contributed by atoms with Crippen molar-refractivity contribution in [3.63, 3.8) is 0 Å². The van der Waals surface area contributed by atoms with E-state index in [-0.39, 0.29) is 23.9 Å². The Hall–Kier alpha value is -2.11. The molecule has 0 aromatic carbocycles. The summed E-state index contributed by atoms with van der Waals surface area (Å²) in [5.74, 6) is -1.09. The van der Waals surface area contributed by atoms with Crippen molar-refractivity contribution >= 4 is 11.9 Å². The van der Waals surface area contributed by atoms with Crippen molar-refractivity contribution in [1.29, 1.82) is 0 Å². The zero-order valence-electron chi connectivity index (χ0n) is 11.0. The van der Waals surface area contributed by atoms with Crippen molar-refractivity contribution in [2.75, 3.05) is 6.54 Å². The second kappa shape index (κ2) is 6.72. The summed E-state index contributed by atoms with van der Waals surface area (Å²) in [6.45, 7) is 4.11. The molecule has 19 heavy (non-hydrogen) atoms. The predicted octanol–water partition coefficient (Wildman–Crippen LogP) is 1.09. The van der Waals surface area contributed by atoms with E-state index < -0.39 is 5.97 Å². The molecule has 0 atom stereocenters. The van der Waals surface area contributed by atoms with Crippen LogP contribution in [0, 0.1) is 0 Å². The number of aromatic nitrogens is 1. The maximum Gasteiger partial charge on any atom is 0.303 e. The molecular weight excluding hydrogens is 248 g/mol. The second-order valence-electron chi connectivity index (χ2n) is 4.53. The number of carboxylic acids is 1. The van der Waals surface area contributed by atoms with Crippen molar-refractivity contribution in [3.05, 3.63) is 34.2 Å². The molecule has 0 aliphatic rings. The molecule has 0 saturated carbocycles. The quantitative estimate of drug-likeness (QED) is 0.806. The van der Waals surface area contributed by atoms with Gasteiger partial charge in [-0.05, 0) is 26.3 Å². The first-order valence-corrected chi connectivity index (χ1v) is 6.13. The average molecular weight is 266 g/mol. The van der Waals surface area contributed by atoms with E-state index in [1.807, 2.05) is 13.8 Å². The molecule has 1 aromatic rings. The molecule has 1 heterocycles.